The molecular weight excluding hydrogens is 386 g/mol. The smallest absolute Gasteiger partial charge is 0.288 e. The molecule has 0 saturated heterocycles. The fourth-order valence-electron chi connectivity index (χ4n) is 1.71. The average molecular weight is 394 g/mol. The molecule has 0 unspecified atom stereocenters. The number of anilines is 1. The van der Waals surface area contributed by atoms with Crippen molar-refractivity contribution in [1.82, 2.24) is 0 Å². The number of hydrogen-bond acceptors (Lipinski definition) is 3. The normalized spacial score (nSPS) is 10.5. The molecule has 2 rings (SSSR count). The summed E-state index contributed by atoms with van der Waals surface area (Å²) in [5.41, 5.74) is 0.995. The SMILES string of the molecule is O=[N+]([O-])c1cc(CNc2c(Cl)cc(F)cc2Br)ccc1Cl. The van der Waals surface area contributed by atoms with E-state index in [1.54, 1.807) is 6.07 Å². The zero-order valence-electron chi connectivity index (χ0n) is 10.4. The van der Waals surface area contributed by atoms with E-state index in [4.69, 9.17) is 23.2 Å². The molecule has 2 aromatic carbocycles. The van der Waals surface area contributed by atoms with E-state index in [-0.39, 0.29) is 22.3 Å². The third kappa shape index (κ3) is 3.84. The molecule has 21 heavy (non-hydrogen) atoms. The first kappa shape index (κ1) is 16.0. The van der Waals surface area contributed by atoms with Crippen molar-refractivity contribution in [2.75, 3.05) is 5.32 Å². The maximum atomic E-state index is 13.1. The van der Waals surface area contributed by atoms with Gasteiger partial charge in [-0.1, -0.05) is 29.3 Å². The van der Waals surface area contributed by atoms with Gasteiger partial charge in [-0.05, 0) is 39.7 Å². The van der Waals surface area contributed by atoms with Crippen LogP contribution < -0.4 is 5.32 Å². The van der Waals surface area contributed by atoms with E-state index >= 15 is 0 Å². The summed E-state index contributed by atoms with van der Waals surface area (Å²) in [5, 5.41) is 14.1. The summed E-state index contributed by atoms with van der Waals surface area (Å²) < 4.78 is 13.6. The lowest BCUT2D eigenvalue weighted by molar-refractivity contribution is -0.384. The van der Waals surface area contributed by atoms with E-state index < -0.39 is 10.7 Å². The van der Waals surface area contributed by atoms with Gasteiger partial charge in [0.1, 0.15) is 10.8 Å². The van der Waals surface area contributed by atoms with Crippen molar-refractivity contribution in [2.24, 2.45) is 0 Å². The Labute approximate surface area is 138 Å². The molecule has 0 heterocycles. The molecule has 0 fully saturated rings. The summed E-state index contributed by atoms with van der Waals surface area (Å²) in [4.78, 5) is 10.3. The zero-order valence-corrected chi connectivity index (χ0v) is 13.5. The standard InChI is InChI=1S/C13H8BrCl2FN2O2/c14-9-4-8(17)5-11(16)13(9)18-6-7-1-2-10(15)12(3-7)19(20)21/h1-5,18H,6H2. The second-order valence-corrected chi connectivity index (χ2v) is 5.81. The molecule has 0 aliphatic heterocycles. The third-order valence-electron chi connectivity index (χ3n) is 2.68. The molecule has 0 aliphatic carbocycles. The number of nitro groups is 1. The van der Waals surface area contributed by atoms with Crippen LogP contribution in [0.2, 0.25) is 10.0 Å². The average Bonchev–Trinajstić information content (AvgIpc) is 2.38. The van der Waals surface area contributed by atoms with Crippen LogP contribution in [0.3, 0.4) is 0 Å². The molecule has 0 radical (unpaired) electrons. The predicted octanol–water partition coefficient (Wildman–Crippen LogP) is 5.42. The Balaban J connectivity index is 2.21. The molecule has 8 heteroatoms. The lowest BCUT2D eigenvalue weighted by atomic mass is 10.2. The number of rotatable bonds is 4. The second kappa shape index (κ2) is 6.60. The first-order chi connectivity index (χ1) is 9.88. The topological polar surface area (TPSA) is 55.2 Å². The Hall–Kier alpha value is -1.37. The van der Waals surface area contributed by atoms with Gasteiger partial charge in [0.25, 0.3) is 5.69 Å². The van der Waals surface area contributed by atoms with Gasteiger partial charge in [0, 0.05) is 17.1 Å². The molecule has 0 amide bonds. The lowest BCUT2D eigenvalue weighted by Crippen LogP contribution is -2.02. The molecule has 0 saturated carbocycles. The molecule has 0 spiro atoms. The van der Waals surface area contributed by atoms with Crippen LogP contribution in [-0.4, -0.2) is 4.92 Å². The summed E-state index contributed by atoms with van der Waals surface area (Å²) in [7, 11) is 0. The van der Waals surface area contributed by atoms with Gasteiger partial charge >= 0.3 is 0 Å². The number of nitro benzene ring substituents is 1. The Morgan fingerprint density at radius 1 is 1.24 bits per heavy atom. The lowest BCUT2D eigenvalue weighted by Gasteiger charge is -2.11. The summed E-state index contributed by atoms with van der Waals surface area (Å²) in [5.74, 6) is -0.459. The number of nitrogens with zero attached hydrogens (tertiary/aromatic N) is 1. The number of nitrogens with one attached hydrogen (secondary N) is 1. The van der Waals surface area contributed by atoms with Gasteiger partial charge in [0.05, 0.1) is 15.6 Å². The second-order valence-electron chi connectivity index (χ2n) is 4.14. The van der Waals surface area contributed by atoms with Crippen molar-refractivity contribution < 1.29 is 9.31 Å². The van der Waals surface area contributed by atoms with Gasteiger partial charge < -0.3 is 5.32 Å². The maximum Gasteiger partial charge on any atom is 0.288 e. The maximum absolute atomic E-state index is 13.1. The molecule has 0 aromatic heterocycles. The van der Waals surface area contributed by atoms with Crippen molar-refractivity contribution in [3.63, 3.8) is 0 Å². The van der Waals surface area contributed by atoms with Crippen LogP contribution in [0, 0.1) is 15.9 Å². The molecular formula is C13H8BrCl2FN2O2. The van der Waals surface area contributed by atoms with Crippen molar-refractivity contribution >= 4 is 50.5 Å². The van der Waals surface area contributed by atoms with Gasteiger partial charge in [0.2, 0.25) is 0 Å². The van der Waals surface area contributed by atoms with Gasteiger partial charge in [-0.2, -0.15) is 0 Å². The van der Waals surface area contributed by atoms with Gasteiger partial charge in [-0.25, -0.2) is 4.39 Å². The van der Waals surface area contributed by atoms with Crippen LogP contribution in [0.4, 0.5) is 15.8 Å². The van der Waals surface area contributed by atoms with Crippen molar-refractivity contribution in [3.05, 3.63) is 66.3 Å². The minimum atomic E-state index is -0.549. The van der Waals surface area contributed by atoms with E-state index in [9.17, 15) is 14.5 Å². The predicted molar refractivity (Wildman–Crippen MR) is 84.5 cm³/mol. The molecule has 110 valence electrons. The Bertz CT molecular complexity index is 690. The summed E-state index contributed by atoms with van der Waals surface area (Å²) >= 11 is 14.9. The first-order valence-corrected chi connectivity index (χ1v) is 7.24. The van der Waals surface area contributed by atoms with Gasteiger partial charge in [0.15, 0.2) is 0 Å². The fraction of sp³-hybridized carbons (Fsp3) is 0.0769. The summed E-state index contributed by atoms with van der Waals surface area (Å²) in [6, 6.07) is 6.95. The highest BCUT2D eigenvalue weighted by atomic mass is 79.9. The highest BCUT2D eigenvalue weighted by Gasteiger charge is 2.13. The van der Waals surface area contributed by atoms with E-state index in [1.807, 2.05) is 0 Å². The van der Waals surface area contributed by atoms with Crippen LogP contribution in [0.15, 0.2) is 34.8 Å². The van der Waals surface area contributed by atoms with Crippen molar-refractivity contribution in [3.8, 4) is 0 Å². The van der Waals surface area contributed by atoms with Gasteiger partial charge in [-0.3, -0.25) is 10.1 Å². The number of hydrogen-bond donors (Lipinski definition) is 1. The Morgan fingerprint density at radius 2 is 1.95 bits per heavy atom. The fourth-order valence-corrected chi connectivity index (χ4v) is 2.86. The van der Waals surface area contributed by atoms with E-state index in [0.29, 0.717) is 15.7 Å². The van der Waals surface area contributed by atoms with Crippen molar-refractivity contribution in [2.45, 2.75) is 6.54 Å². The van der Waals surface area contributed by atoms with Crippen molar-refractivity contribution in [1.29, 1.82) is 0 Å². The summed E-state index contributed by atoms with van der Waals surface area (Å²) in [6.07, 6.45) is 0. The zero-order chi connectivity index (χ0) is 15.6. The molecule has 0 aliphatic rings. The van der Waals surface area contributed by atoms with Crippen LogP contribution in [0.5, 0.6) is 0 Å². The number of benzene rings is 2. The summed E-state index contributed by atoms with van der Waals surface area (Å²) in [6.45, 7) is 0.280. The molecule has 0 bridgehead atoms. The Kier molecular flexibility index (Phi) is 5.03. The largest absolute Gasteiger partial charge is 0.379 e. The third-order valence-corrected chi connectivity index (χ3v) is 3.93. The Morgan fingerprint density at radius 3 is 2.57 bits per heavy atom. The molecule has 2 aromatic rings. The molecule has 0 atom stereocenters. The monoisotopic (exact) mass is 392 g/mol. The van der Waals surface area contributed by atoms with E-state index in [0.717, 1.165) is 0 Å². The van der Waals surface area contributed by atoms with Crippen LogP contribution >= 0.6 is 39.1 Å². The van der Waals surface area contributed by atoms with E-state index in [2.05, 4.69) is 21.2 Å². The highest BCUT2D eigenvalue weighted by Crippen LogP contribution is 2.32. The van der Waals surface area contributed by atoms with Gasteiger partial charge in [-0.15, -0.1) is 0 Å². The van der Waals surface area contributed by atoms with Crippen LogP contribution in [0.1, 0.15) is 5.56 Å². The highest BCUT2D eigenvalue weighted by molar-refractivity contribution is 9.10. The molecule has 4 nitrogen and oxygen atoms in total. The minimum Gasteiger partial charge on any atom is -0.379 e. The first-order valence-electron chi connectivity index (χ1n) is 5.69. The molecule has 1 N–H and O–H groups in total. The quantitative estimate of drug-likeness (QED) is 0.557. The van der Waals surface area contributed by atoms with E-state index in [1.165, 1.54) is 24.3 Å². The number of halogens is 4. The van der Waals surface area contributed by atoms with Crippen LogP contribution in [-0.2, 0) is 6.54 Å². The minimum absolute atomic E-state index is 0.0738. The van der Waals surface area contributed by atoms with Crippen LogP contribution in [0.25, 0.3) is 0 Å².